The Labute approximate surface area is 186 Å². The predicted octanol–water partition coefficient (Wildman–Crippen LogP) is 2.84. The minimum atomic E-state index is -0.514. The lowest BCUT2D eigenvalue weighted by atomic mass is 9.98. The number of aromatic nitrogens is 3. The average molecular weight is 447 g/mol. The zero-order chi connectivity index (χ0) is 22.2. The third kappa shape index (κ3) is 4.46. The van der Waals surface area contributed by atoms with E-state index < -0.39 is 11.6 Å². The number of hydrogen-bond acceptors (Lipinski definition) is 6. The molecule has 2 heterocycles. The fraction of sp³-hybridized carbons (Fsp3) is 0.524. The van der Waals surface area contributed by atoms with E-state index in [0.29, 0.717) is 17.1 Å². The van der Waals surface area contributed by atoms with Gasteiger partial charge < -0.3 is 19.8 Å². The van der Waals surface area contributed by atoms with Crippen molar-refractivity contribution in [3.05, 3.63) is 46.9 Å². The number of nitrogens with zero attached hydrogens (tertiary/aromatic N) is 4. The Morgan fingerprint density at radius 3 is 2.94 bits per heavy atom. The molecule has 1 aliphatic carbocycles. The van der Waals surface area contributed by atoms with Crippen molar-refractivity contribution in [2.75, 3.05) is 25.4 Å². The molecule has 0 bridgehead atoms. The molecule has 2 fully saturated rings. The first-order valence-corrected chi connectivity index (χ1v) is 11.6. The van der Waals surface area contributed by atoms with Crippen LogP contribution in [0.1, 0.15) is 43.5 Å². The maximum absolute atomic E-state index is 14.1. The highest BCUT2D eigenvalue weighted by molar-refractivity contribution is 7.99. The Hall–Kier alpha value is -2.07. The summed E-state index contributed by atoms with van der Waals surface area (Å²) in [5.74, 6) is 0.741. The van der Waals surface area contributed by atoms with E-state index in [9.17, 15) is 13.9 Å². The molecule has 1 saturated heterocycles. The van der Waals surface area contributed by atoms with Crippen molar-refractivity contribution in [3.8, 4) is 0 Å². The van der Waals surface area contributed by atoms with Crippen LogP contribution in [0.4, 0.5) is 8.78 Å². The van der Waals surface area contributed by atoms with Gasteiger partial charge in [0.15, 0.2) is 10.9 Å². The van der Waals surface area contributed by atoms with Gasteiger partial charge in [-0.1, -0.05) is 17.8 Å². The highest BCUT2D eigenvalue weighted by atomic mass is 32.2. The highest BCUT2D eigenvalue weighted by Gasteiger charge is 2.58. The van der Waals surface area contributed by atoms with Gasteiger partial charge in [-0.25, -0.2) is 8.78 Å². The predicted molar refractivity (Wildman–Crippen MR) is 120 cm³/mol. The Balaban J connectivity index is 1.25. The molecule has 166 valence electrons. The molecule has 6 nitrogen and oxygen atoms in total. The van der Waals surface area contributed by atoms with Crippen molar-refractivity contribution in [3.63, 3.8) is 0 Å². The van der Waals surface area contributed by atoms with Crippen molar-refractivity contribution in [2.45, 2.75) is 37.3 Å². The molecular weight excluding hydrogens is 419 g/mol. The second-order valence-electron chi connectivity index (χ2n) is 8.60. The minimum absolute atomic E-state index is 0.100. The fourth-order valence-electron chi connectivity index (χ4n) is 4.58. The summed E-state index contributed by atoms with van der Waals surface area (Å²) in [4.78, 5) is 2.45. The van der Waals surface area contributed by atoms with Crippen molar-refractivity contribution >= 4 is 25.5 Å². The van der Waals surface area contributed by atoms with E-state index in [1.165, 1.54) is 6.07 Å². The summed E-state index contributed by atoms with van der Waals surface area (Å²) in [7, 11) is 3.60. The smallest absolute Gasteiger partial charge is 0.213 e. The van der Waals surface area contributed by atoms with Crippen molar-refractivity contribution in [1.82, 2.24) is 24.9 Å². The number of aliphatic hydroxyl groups is 1. The number of aliphatic hydroxyl groups excluding tert-OH is 1. The molecule has 0 unspecified atom stereocenters. The lowest BCUT2D eigenvalue weighted by molar-refractivity contribution is 0.319. The van der Waals surface area contributed by atoms with Crippen LogP contribution in [0.25, 0.3) is 5.76 Å². The van der Waals surface area contributed by atoms with E-state index in [1.807, 2.05) is 7.05 Å². The van der Waals surface area contributed by atoms with Crippen LogP contribution in [0.3, 0.4) is 0 Å². The van der Waals surface area contributed by atoms with Gasteiger partial charge in [-0.05, 0) is 62.2 Å². The van der Waals surface area contributed by atoms with Crippen molar-refractivity contribution in [1.29, 1.82) is 0 Å². The van der Waals surface area contributed by atoms with Gasteiger partial charge in [-0.2, -0.15) is 0 Å². The fourth-order valence-corrected chi connectivity index (χ4v) is 5.42. The monoisotopic (exact) mass is 447 g/mol. The Kier molecular flexibility index (Phi) is 6.30. The standard InChI is InChI=1S/C21H28BF2N5OS/c1-13(25-22)18(30)19-26-27-20(28(19)2)31-9-3-7-29-8-6-21(12-29)11-16(21)15-5-4-14(23)10-17(15)24/h4-5,10,16,25,30H,3,6-9,11-12,22H2,1-2H3/b18-13-/t16-,21+/m0/s1. The Morgan fingerprint density at radius 2 is 2.19 bits per heavy atom. The van der Waals surface area contributed by atoms with Gasteiger partial charge >= 0.3 is 0 Å². The van der Waals surface area contributed by atoms with Crippen LogP contribution < -0.4 is 5.23 Å². The van der Waals surface area contributed by atoms with E-state index in [2.05, 4.69) is 20.3 Å². The van der Waals surface area contributed by atoms with Crippen LogP contribution in [0.15, 0.2) is 29.1 Å². The maximum Gasteiger partial charge on any atom is 0.213 e. The van der Waals surface area contributed by atoms with Crippen LogP contribution in [0, 0.1) is 17.0 Å². The molecule has 2 N–H and O–H groups in total. The van der Waals surface area contributed by atoms with Crippen LogP contribution >= 0.6 is 11.8 Å². The number of rotatable bonds is 8. The van der Waals surface area contributed by atoms with Gasteiger partial charge in [0.2, 0.25) is 13.8 Å². The van der Waals surface area contributed by atoms with Gasteiger partial charge in [-0.15, -0.1) is 10.2 Å². The van der Waals surface area contributed by atoms with Gasteiger partial charge in [-0.3, -0.25) is 0 Å². The van der Waals surface area contributed by atoms with E-state index >= 15 is 0 Å². The lowest BCUT2D eigenvalue weighted by Gasteiger charge is -2.16. The topological polar surface area (TPSA) is 66.2 Å². The zero-order valence-electron chi connectivity index (χ0n) is 18.2. The number of halogens is 2. The molecule has 0 amide bonds. The van der Waals surface area contributed by atoms with Crippen LogP contribution in [0.5, 0.6) is 0 Å². The molecule has 2 aliphatic rings. The summed E-state index contributed by atoms with van der Waals surface area (Å²) in [6, 6.07) is 3.98. The molecule has 2 atom stereocenters. The zero-order valence-corrected chi connectivity index (χ0v) is 19.0. The van der Waals surface area contributed by atoms with Crippen LogP contribution in [0.2, 0.25) is 0 Å². The molecule has 1 spiro atoms. The summed E-state index contributed by atoms with van der Waals surface area (Å²) >= 11 is 1.63. The third-order valence-electron chi connectivity index (χ3n) is 6.62. The molecule has 10 heteroatoms. The molecule has 1 aliphatic heterocycles. The molecule has 1 aromatic heterocycles. The first kappa shape index (κ1) is 22.1. The molecule has 31 heavy (non-hydrogen) atoms. The van der Waals surface area contributed by atoms with E-state index in [1.54, 1.807) is 37.3 Å². The first-order chi connectivity index (χ1) is 14.8. The molecule has 2 aromatic rings. The summed E-state index contributed by atoms with van der Waals surface area (Å²) < 4.78 is 29.1. The number of hydrogen-bond donors (Lipinski definition) is 2. The normalized spacial score (nSPS) is 23.9. The van der Waals surface area contributed by atoms with Gasteiger partial charge in [0, 0.05) is 31.1 Å². The Bertz CT molecular complexity index is 1000. The molecule has 0 radical (unpaired) electrons. The first-order valence-electron chi connectivity index (χ1n) is 10.6. The van der Waals surface area contributed by atoms with Crippen molar-refractivity contribution in [2.24, 2.45) is 12.5 Å². The molecule has 1 aromatic carbocycles. The molecule has 1 saturated carbocycles. The van der Waals surface area contributed by atoms with Crippen LogP contribution in [-0.4, -0.2) is 58.1 Å². The second kappa shape index (κ2) is 8.82. The number of benzene rings is 1. The minimum Gasteiger partial charge on any atom is -0.503 e. The number of thioether (sulfide) groups is 1. The summed E-state index contributed by atoms with van der Waals surface area (Å²) in [5.41, 5.74) is 1.48. The average Bonchev–Trinajstić information content (AvgIpc) is 3.08. The van der Waals surface area contributed by atoms with E-state index in [-0.39, 0.29) is 17.1 Å². The summed E-state index contributed by atoms with van der Waals surface area (Å²) in [6.07, 6.45) is 3.08. The number of likely N-dealkylation sites (tertiary alicyclic amines) is 1. The largest absolute Gasteiger partial charge is 0.503 e. The lowest BCUT2D eigenvalue weighted by Crippen LogP contribution is -2.23. The maximum atomic E-state index is 14.1. The molecular formula is C21H28BF2N5OS. The Morgan fingerprint density at radius 1 is 1.39 bits per heavy atom. The number of nitrogens with one attached hydrogen (secondary N) is 1. The summed E-state index contributed by atoms with van der Waals surface area (Å²) in [5, 5.41) is 22.2. The van der Waals surface area contributed by atoms with E-state index in [0.717, 1.165) is 55.9 Å². The van der Waals surface area contributed by atoms with E-state index in [4.69, 9.17) is 0 Å². The van der Waals surface area contributed by atoms with Crippen molar-refractivity contribution < 1.29 is 13.9 Å². The third-order valence-corrected chi connectivity index (χ3v) is 7.73. The quantitative estimate of drug-likeness (QED) is 0.281. The highest BCUT2D eigenvalue weighted by Crippen LogP contribution is 2.64. The van der Waals surface area contributed by atoms with Gasteiger partial charge in [0.05, 0.1) is 0 Å². The van der Waals surface area contributed by atoms with Gasteiger partial charge in [0.25, 0.3) is 0 Å². The SMILES string of the molecule is BN/C(C)=C(\O)c1nnc(SCCCN2CC[C@@]3(C[C@H]3c3ccc(F)cc3F)C2)n1C. The molecule has 4 rings (SSSR count). The summed E-state index contributed by atoms with van der Waals surface area (Å²) in [6.45, 7) is 4.78. The second-order valence-corrected chi connectivity index (χ2v) is 9.66. The van der Waals surface area contributed by atoms with Gasteiger partial charge in [0.1, 0.15) is 11.6 Å². The number of allylic oxidation sites excluding steroid dienone is 1. The van der Waals surface area contributed by atoms with Crippen LogP contribution in [-0.2, 0) is 7.05 Å².